The predicted octanol–water partition coefficient (Wildman–Crippen LogP) is 2.34. The van der Waals surface area contributed by atoms with Gasteiger partial charge >= 0.3 is 6.18 Å². The number of hydrogen-bond donors (Lipinski definition) is 1. The summed E-state index contributed by atoms with van der Waals surface area (Å²) in [7, 11) is 3.63. The number of alkyl halides is 3. The molecule has 2 nitrogen and oxygen atoms in total. The summed E-state index contributed by atoms with van der Waals surface area (Å²) in [5.74, 6) is -0.299. The zero-order valence-electron chi connectivity index (χ0n) is 9.83. The fraction of sp³-hybridized carbons (Fsp3) is 0.500. The summed E-state index contributed by atoms with van der Waals surface area (Å²) in [6.45, 7) is 0.345. The Kier molecular flexibility index (Phi) is 4.54. The molecule has 0 aliphatic rings. The van der Waals surface area contributed by atoms with E-state index in [0.29, 0.717) is 12.1 Å². The quantitative estimate of drug-likeness (QED) is 0.882. The maximum absolute atomic E-state index is 12.5. The van der Waals surface area contributed by atoms with Crippen molar-refractivity contribution < 1.29 is 18.3 Å². The molecule has 5 heteroatoms. The summed E-state index contributed by atoms with van der Waals surface area (Å²) < 4.78 is 37.6. The normalized spacial score (nSPS) is 14.1. The first-order valence-corrected chi connectivity index (χ1v) is 5.27. The van der Waals surface area contributed by atoms with E-state index in [1.54, 1.807) is 6.07 Å². The molecule has 0 aliphatic heterocycles. The Bertz CT molecular complexity index is 363. The van der Waals surface area contributed by atoms with Gasteiger partial charge in [-0.3, -0.25) is 0 Å². The van der Waals surface area contributed by atoms with Gasteiger partial charge in [-0.05, 0) is 25.7 Å². The molecular formula is C12H16F3NO. The minimum Gasteiger partial charge on any atom is -0.396 e. The van der Waals surface area contributed by atoms with E-state index in [1.807, 2.05) is 19.0 Å². The second-order valence-electron chi connectivity index (χ2n) is 4.26. The first-order chi connectivity index (χ1) is 7.84. The highest BCUT2D eigenvalue weighted by molar-refractivity contribution is 5.28. The van der Waals surface area contributed by atoms with Gasteiger partial charge in [-0.15, -0.1) is 0 Å². The van der Waals surface area contributed by atoms with Crippen LogP contribution in [0.1, 0.15) is 17.0 Å². The van der Waals surface area contributed by atoms with Crippen LogP contribution in [0.2, 0.25) is 0 Å². The van der Waals surface area contributed by atoms with Crippen LogP contribution in [-0.2, 0) is 6.18 Å². The number of nitrogens with zero attached hydrogens (tertiary/aromatic N) is 1. The van der Waals surface area contributed by atoms with E-state index < -0.39 is 11.7 Å². The zero-order valence-corrected chi connectivity index (χ0v) is 9.83. The van der Waals surface area contributed by atoms with Crippen molar-refractivity contribution in [2.24, 2.45) is 0 Å². The lowest BCUT2D eigenvalue weighted by Gasteiger charge is -2.20. The predicted molar refractivity (Wildman–Crippen MR) is 59.8 cm³/mol. The third-order valence-corrected chi connectivity index (χ3v) is 2.49. The molecule has 0 aromatic heterocycles. The first-order valence-electron chi connectivity index (χ1n) is 5.27. The van der Waals surface area contributed by atoms with Crippen molar-refractivity contribution in [1.29, 1.82) is 0 Å². The van der Waals surface area contributed by atoms with Crippen LogP contribution in [0.5, 0.6) is 0 Å². The van der Waals surface area contributed by atoms with E-state index in [4.69, 9.17) is 0 Å². The first kappa shape index (κ1) is 14.0. The molecule has 0 fully saturated rings. The Morgan fingerprint density at radius 2 is 1.94 bits per heavy atom. The Balaban J connectivity index is 2.97. The van der Waals surface area contributed by atoms with Crippen molar-refractivity contribution in [2.75, 3.05) is 27.2 Å². The van der Waals surface area contributed by atoms with Gasteiger partial charge < -0.3 is 10.0 Å². The molecule has 1 unspecified atom stereocenters. The molecule has 0 saturated carbocycles. The summed E-state index contributed by atoms with van der Waals surface area (Å²) >= 11 is 0. The van der Waals surface area contributed by atoms with Crippen LogP contribution in [0.15, 0.2) is 24.3 Å². The van der Waals surface area contributed by atoms with Crippen LogP contribution >= 0.6 is 0 Å². The fourth-order valence-corrected chi connectivity index (χ4v) is 1.68. The largest absolute Gasteiger partial charge is 0.416 e. The van der Waals surface area contributed by atoms with E-state index in [2.05, 4.69) is 0 Å². The Morgan fingerprint density at radius 1 is 1.29 bits per heavy atom. The van der Waals surface area contributed by atoms with Gasteiger partial charge in [0.25, 0.3) is 0 Å². The molecule has 0 amide bonds. The van der Waals surface area contributed by atoms with Gasteiger partial charge in [-0.25, -0.2) is 0 Å². The third kappa shape index (κ3) is 4.02. The van der Waals surface area contributed by atoms with E-state index >= 15 is 0 Å². The number of aliphatic hydroxyl groups is 1. The fourth-order valence-electron chi connectivity index (χ4n) is 1.68. The average molecular weight is 247 g/mol. The molecule has 1 N–H and O–H groups in total. The van der Waals surface area contributed by atoms with Gasteiger partial charge in [0.1, 0.15) is 0 Å². The molecule has 17 heavy (non-hydrogen) atoms. The summed E-state index contributed by atoms with van der Waals surface area (Å²) in [6, 6.07) is 5.12. The van der Waals surface area contributed by atoms with E-state index in [-0.39, 0.29) is 12.5 Å². The highest BCUT2D eigenvalue weighted by atomic mass is 19.4. The monoisotopic (exact) mass is 247 g/mol. The SMILES string of the molecule is CN(C)CC(CO)c1cccc(C(F)(F)F)c1. The minimum absolute atomic E-state index is 0.167. The average Bonchev–Trinajstić information content (AvgIpc) is 2.24. The number of hydrogen-bond acceptors (Lipinski definition) is 2. The van der Waals surface area contributed by atoms with Gasteiger partial charge in [0.15, 0.2) is 0 Å². The molecule has 0 radical (unpaired) electrons. The van der Waals surface area contributed by atoms with Gasteiger partial charge in [-0.2, -0.15) is 13.2 Å². The summed E-state index contributed by atoms with van der Waals surface area (Å²) in [6.07, 6.45) is -4.34. The van der Waals surface area contributed by atoms with Crippen LogP contribution in [-0.4, -0.2) is 37.3 Å². The van der Waals surface area contributed by atoms with Crippen LogP contribution in [0.4, 0.5) is 13.2 Å². The Hall–Kier alpha value is -1.07. The molecule has 1 aromatic carbocycles. The van der Waals surface area contributed by atoms with Crippen molar-refractivity contribution in [3.63, 3.8) is 0 Å². The van der Waals surface area contributed by atoms with Crippen molar-refractivity contribution >= 4 is 0 Å². The highest BCUT2D eigenvalue weighted by Crippen LogP contribution is 2.31. The van der Waals surface area contributed by atoms with E-state index in [0.717, 1.165) is 12.1 Å². The van der Waals surface area contributed by atoms with E-state index in [9.17, 15) is 18.3 Å². The number of aliphatic hydroxyl groups excluding tert-OH is 1. The van der Waals surface area contributed by atoms with Crippen LogP contribution in [0, 0.1) is 0 Å². The van der Waals surface area contributed by atoms with Crippen LogP contribution in [0.3, 0.4) is 0 Å². The highest BCUT2D eigenvalue weighted by Gasteiger charge is 2.30. The number of likely N-dealkylation sites (N-methyl/N-ethyl adjacent to an activating group) is 1. The van der Waals surface area contributed by atoms with Gasteiger partial charge in [0.05, 0.1) is 12.2 Å². The topological polar surface area (TPSA) is 23.5 Å². The van der Waals surface area contributed by atoms with Crippen molar-refractivity contribution in [1.82, 2.24) is 4.90 Å². The molecular weight excluding hydrogens is 231 g/mol. The molecule has 0 heterocycles. The molecule has 1 aromatic rings. The lowest BCUT2D eigenvalue weighted by molar-refractivity contribution is -0.137. The zero-order chi connectivity index (χ0) is 13.1. The molecule has 1 rings (SSSR count). The Morgan fingerprint density at radius 3 is 2.41 bits per heavy atom. The summed E-state index contributed by atoms with van der Waals surface area (Å²) in [5, 5.41) is 9.21. The lowest BCUT2D eigenvalue weighted by atomic mass is 9.97. The molecule has 0 saturated heterocycles. The second-order valence-corrected chi connectivity index (χ2v) is 4.26. The molecule has 0 bridgehead atoms. The second kappa shape index (κ2) is 5.51. The Labute approximate surface area is 98.7 Å². The van der Waals surface area contributed by atoms with E-state index in [1.165, 1.54) is 6.07 Å². The molecule has 0 aliphatic carbocycles. The summed E-state index contributed by atoms with van der Waals surface area (Å²) in [4.78, 5) is 1.83. The standard InChI is InChI=1S/C12H16F3NO/c1-16(2)7-10(8-17)9-4-3-5-11(6-9)12(13,14)15/h3-6,10,17H,7-8H2,1-2H3. The van der Waals surface area contributed by atoms with Crippen LogP contribution in [0.25, 0.3) is 0 Å². The van der Waals surface area contributed by atoms with Crippen molar-refractivity contribution in [3.8, 4) is 0 Å². The van der Waals surface area contributed by atoms with Gasteiger partial charge in [0, 0.05) is 12.5 Å². The van der Waals surface area contributed by atoms with Crippen molar-refractivity contribution in [2.45, 2.75) is 12.1 Å². The number of benzene rings is 1. The minimum atomic E-state index is -4.34. The van der Waals surface area contributed by atoms with Gasteiger partial charge in [0.2, 0.25) is 0 Å². The lowest BCUT2D eigenvalue weighted by Crippen LogP contribution is -2.23. The maximum atomic E-state index is 12.5. The van der Waals surface area contributed by atoms with Gasteiger partial charge in [-0.1, -0.05) is 18.2 Å². The maximum Gasteiger partial charge on any atom is 0.416 e. The van der Waals surface area contributed by atoms with Crippen molar-refractivity contribution in [3.05, 3.63) is 35.4 Å². The smallest absolute Gasteiger partial charge is 0.396 e. The van der Waals surface area contributed by atoms with Crippen LogP contribution < -0.4 is 0 Å². The molecule has 1 atom stereocenters. The third-order valence-electron chi connectivity index (χ3n) is 2.49. The number of halogens is 3. The summed E-state index contributed by atoms with van der Waals surface area (Å²) in [5.41, 5.74) is -0.164. The molecule has 96 valence electrons. The molecule has 0 spiro atoms. The number of rotatable bonds is 4.